The molecule has 8 nitrogen and oxygen atoms in total. The monoisotopic (exact) mass is 385 g/mol. The molecule has 3 N–H and O–H groups in total. The Morgan fingerprint density at radius 1 is 1.18 bits per heavy atom. The van der Waals surface area contributed by atoms with E-state index in [1.54, 1.807) is 18.5 Å². The molecular formula is C20H27N5O3. The summed E-state index contributed by atoms with van der Waals surface area (Å²) in [5, 5.41) is 13.2. The van der Waals surface area contributed by atoms with Crippen molar-refractivity contribution in [2.24, 2.45) is 5.92 Å². The Morgan fingerprint density at radius 2 is 1.89 bits per heavy atom. The summed E-state index contributed by atoms with van der Waals surface area (Å²) in [5.41, 5.74) is 8.20. The van der Waals surface area contributed by atoms with E-state index in [4.69, 9.17) is 25.4 Å². The number of hydrogen-bond acceptors (Lipinski definition) is 7. The first-order chi connectivity index (χ1) is 13.7. The highest BCUT2D eigenvalue weighted by atomic mass is 16.5. The average Bonchev–Trinajstić information content (AvgIpc) is 3.18. The van der Waals surface area contributed by atoms with Crippen molar-refractivity contribution in [2.75, 3.05) is 32.2 Å². The highest BCUT2D eigenvalue weighted by Crippen LogP contribution is 2.27. The van der Waals surface area contributed by atoms with Crippen molar-refractivity contribution in [1.82, 2.24) is 14.8 Å². The molecule has 0 atom stereocenters. The highest BCUT2D eigenvalue weighted by molar-refractivity contribution is 6.15. The number of nitrogens with one attached hydrogen (secondary N) is 1. The molecule has 8 heteroatoms. The lowest BCUT2D eigenvalue weighted by Gasteiger charge is -2.24. The second kappa shape index (κ2) is 8.70. The number of nitrogens with two attached hydrogens (primary N) is 1. The number of anilines is 1. The smallest absolute Gasteiger partial charge is 0.225 e. The van der Waals surface area contributed by atoms with Crippen LogP contribution in [0.2, 0.25) is 0 Å². The van der Waals surface area contributed by atoms with Gasteiger partial charge >= 0.3 is 0 Å². The molecular weight excluding hydrogens is 358 g/mol. The zero-order valence-electron chi connectivity index (χ0n) is 16.0. The first-order valence-corrected chi connectivity index (χ1v) is 9.89. The van der Waals surface area contributed by atoms with Gasteiger partial charge in [0, 0.05) is 56.2 Å². The van der Waals surface area contributed by atoms with Crippen LogP contribution >= 0.6 is 0 Å². The summed E-state index contributed by atoms with van der Waals surface area (Å²) in [6.07, 6.45) is 8.99. The highest BCUT2D eigenvalue weighted by Gasteiger charge is 2.22. The second-order valence-electron chi connectivity index (χ2n) is 7.39. The zero-order chi connectivity index (χ0) is 19.3. The molecule has 0 bridgehead atoms. The zero-order valence-corrected chi connectivity index (χ0v) is 16.0. The van der Waals surface area contributed by atoms with Gasteiger partial charge in [-0.05, 0) is 24.8 Å². The van der Waals surface area contributed by atoms with Crippen LogP contribution in [0.4, 0.5) is 5.69 Å². The minimum atomic E-state index is 0.0332. The van der Waals surface area contributed by atoms with Gasteiger partial charge in [-0.2, -0.15) is 5.10 Å². The van der Waals surface area contributed by atoms with Gasteiger partial charge in [0.05, 0.1) is 30.7 Å². The summed E-state index contributed by atoms with van der Waals surface area (Å²) < 4.78 is 18.8. The van der Waals surface area contributed by atoms with Gasteiger partial charge in [-0.15, -0.1) is 0 Å². The lowest BCUT2D eigenvalue weighted by molar-refractivity contribution is 0.0237. The lowest BCUT2D eigenvalue weighted by Crippen LogP contribution is -2.27. The van der Waals surface area contributed by atoms with E-state index in [-0.39, 0.29) is 11.8 Å². The summed E-state index contributed by atoms with van der Waals surface area (Å²) in [6, 6.07) is 1.70. The number of ether oxygens (including phenoxy) is 3. The minimum Gasteiger partial charge on any atom is -0.474 e. The molecule has 2 fully saturated rings. The molecule has 0 amide bonds. The molecule has 4 heterocycles. The molecule has 150 valence electrons. The van der Waals surface area contributed by atoms with Crippen LogP contribution in [0.25, 0.3) is 0 Å². The average molecular weight is 385 g/mol. The molecule has 0 aliphatic carbocycles. The standard InChI is InChI=1S/C20H27N5O3/c21-17-1-6-23-20(28-16-4-9-27-10-5-16)18(17)19(22)15-11-24-25(13-15)12-14-2-7-26-8-3-14/h1,6,11,13-14,16,22H,2-5,7-10,12H2,(H2,21,23). The third kappa shape index (κ3) is 4.34. The number of pyridine rings is 1. The van der Waals surface area contributed by atoms with Gasteiger partial charge in [0.1, 0.15) is 6.10 Å². The molecule has 2 aromatic rings. The van der Waals surface area contributed by atoms with E-state index in [9.17, 15) is 0 Å². The Kier molecular flexibility index (Phi) is 5.87. The van der Waals surface area contributed by atoms with Crippen molar-refractivity contribution in [2.45, 2.75) is 38.3 Å². The van der Waals surface area contributed by atoms with E-state index in [1.165, 1.54) is 0 Å². The third-order valence-corrected chi connectivity index (χ3v) is 5.35. The molecule has 0 radical (unpaired) electrons. The summed E-state index contributed by atoms with van der Waals surface area (Å²) in [5.74, 6) is 0.973. The van der Waals surface area contributed by atoms with Crippen LogP contribution in [0.15, 0.2) is 24.7 Å². The van der Waals surface area contributed by atoms with Crippen molar-refractivity contribution >= 4 is 11.4 Å². The Bertz CT molecular complexity index is 810. The van der Waals surface area contributed by atoms with E-state index < -0.39 is 0 Å². The molecule has 2 aromatic heterocycles. The van der Waals surface area contributed by atoms with Gasteiger partial charge in [-0.1, -0.05) is 0 Å². The van der Waals surface area contributed by atoms with E-state index >= 15 is 0 Å². The van der Waals surface area contributed by atoms with Crippen LogP contribution in [0, 0.1) is 11.3 Å². The summed E-state index contributed by atoms with van der Waals surface area (Å²) >= 11 is 0. The Hall–Kier alpha value is -2.45. The fourth-order valence-electron chi connectivity index (χ4n) is 3.68. The topological polar surface area (TPSA) is 108 Å². The fraction of sp³-hybridized carbons (Fsp3) is 0.550. The summed E-state index contributed by atoms with van der Waals surface area (Å²) in [6.45, 7) is 3.82. The van der Waals surface area contributed by atoms with Crippen LogP contribution in [-0.4, -0.2) is 53.0 Å². The van der Waals surface area contributed by atoms with Crippen LogP contribution in [0.3, 0.4) is 0 Å². The normalized spacial score (nSPS) is 18.9. The first-order valence-electron chi connectivity index (χ1n) is 9.89. The van der Waals surface area contributed by atoms with Crippen LogP contribution < -0.4 is 10.5 Å². The van der Waals surface area contributed by atoms with Crippen molar-refractivity contribution < 1.29 is 14.2 Å². The maximum Gasteiger partial charge on any atom is 0.225 e. The molecule has 0 unspecified atom stereocenters. The summed E-state index contributed by atoms with van der Waals surface area (Å²) in [4.78, 5) is 4.36. The lowest BCUT2D eigenvalue weighted by atomic mass is 10.0. The minimum absolute atomic E-state index is 0.0332. The van der Waals surface area contributed by atoms with Gasteiger partial charge in [0.25, 0.3) is 0 Å². The molecule has 2 saturated heterocycles. The molecule has 4 rings (SSSR count). The predicted molar refractivity (Wildman–Crippen MR) is 105 cm³/mol. The molecule has 2 aliphatic heterocycles. The quantitative estimate of drug-likeness (QED) is 0.739. The number of nitrogens with zero attached hydrogens (tertiary/aromatic N) is 3. The van der Waals surface area contributed by atoms with E-state index in [0.29, 0.717) is 41.8 Å². The van der Waals surface area contributed by atoms with Crippen molar-refractivity contribution in [3.63, 3.8) is 0 Å². The van der Waals surface area contributed by atoms with Gasteiger partial charge in [0.2, 0.25) is 5.88 Å². The van der Waals surface area contributed by atoms with Crippen molar-refractivity contribution in [3.8, 4) is 5.88 Å². The van der Waals surface area contributed by atoms with Crippen LogP contribution in [0.1, 0.15) is 36.8 Å². The molecule has 0 aromatic carbocycles. The number of aromatic nitrogens is 3. The number of rotatable bonds is 6. The third-order valence-electron chi connectivity index (χ3n) is 5.35. The number of nitrogen functional groups attached to an aromatic ring is 1. The predicted octanol–water partition coefficient (Wildman–Crippen LogP) is 2.26. The number of hydrogen-bond donors (Lipinski definition) is 2. The van der Waals surface area contributed by atoms with Crippen LogP contribution in [0.5, 0.6) is 5.88 Å². The maximum absolute atomic E-state index is 8.70. The Morgan fingerprint density at radius 3 is 2.64 bits per heavy atom. The molecule has 0 spiro atoms. The van der Waals surface area contributed by atoms with Crippen molar-refractivity contribution in [3.05, 3.63) is 35.8 Å². The SMILES string of the molecule is N=C(c1cnn(CC2CCOCC2)c1)c1c(N)ccnc1OC1CCOCC1. The molecule has 0 saturated carbocycles. The molecule has 28 heavy (non-hydrogen) atoms. The Balaban J connectivity index is 1.51. The van der Waals surface area contributed by atoms with E-state index in [2.05, 4.69) is 10.1 Å². The largest absolute Gasteiger partial charge is 0.474 e. The van der Waals surface area contributed by atoms with E-state index in [0.717, 1.165) is 45.4 Å². The van der Waals surface area contributed by atoms with Gasteiger partial charge in [0.15, 0.2) is 0 Å². The molecule has 2 aliphatic rings. The van der Waals surface area contributed by atoms with Gasteiger partial charge in [-0.25, -0.2) is 4.98 Å². The summed E-state index contributed by atoms with van der Waals surface area (Å²) in [7, 11) is 0. The second-order valence-corrected chi connectivity index (χ2v) is 7.39. The Labute approximate surface area is 164 Å². The van der Waals surface area contributed by atoms with Gasteiger partial charge < -0.3 is 19.9 Å². The fourth-order valence-corrected chi connectivity index (χ4v) is 3.68. The first kappa shape index (κ1) is 18.9. The van der Waals surface area contributed by atoms with Crippen molar-refractivity contribution in [1.29, 1.82) is 5.41 Å². The van der Waals surface area contributed by atoms with E-state index in [1.807, 2.05) is 10.9 Å². The van der Waals surface area contributed by atoms with Gasteiger partial charge in [-0.3, -0.25) is 10.1 Å². The van der Waals surface area contributed by atoms with Crippen LogP contribution in [-0.2, 0) is 16.0 Å². The maximum atomic E-state index is 8.70.